The highest BCUT2D eigenvalue weighted by Crippen LogP contribution is 2.39. The first-order chi connectivity index (χ1) is 7.18. The van der Waals surface area contributed by atoms with E-state index >= 15 is 0 Å². The Morgan fingerprint density at radius 3 is 2.47 bits per heavy atom. The van der Waals surface area contributed by atoms with E-state index in [-0.39, 0.29) is 5.38 Å². The second kappa shape index (κ2) is 4.95. The van der Waals surface area contributed by atoms with E-state index in [4.69, 9.17) is 34.8 Å². The van der Waals surface area contributed by atoms with Gasteiger partial charge in [-0.15, -0.1) is 11.6 Å². The Morgan fingerprint density at radius 2 is 1.80 bits per heavy atom. The highest BCUT2D eigenvalue weighted by molar-refractivity contribution is 6.35. The second-order valence-electron chi connectivity index (χ2n) is 4.07. The minimum Gasteiger partial charge on any atom is -0.122 e. The van der Waals surface area contributed by atoms with Gasteiger partial charge in [-0.1, -0.05) is 42.1 Å². The Morgan fingerprint density at radius 1 is 1.07 bits per heavy atom. The van der Waals surface area contributed by atoms with Gasteiger partial charge in [0.05, 0.1) is 0 Å². The van der Waals surface area contributed by atoms with Crippen molar-refractivity contribution in [3.63, 3.8) is 0 Å². The van der Waals surface area contributed by atoms with Gasteiger partial charge in [0.1, 0.15) is 0 Å². The molecule has 1 saturated carbocycles. The maximum Gasteiger partial charge on any atom is 0.0456 e. The van der Waals surface area contributed by atoms with Gasteiger partial charge in [-0.05, 0) is 30.5 Å². The highest BCUT2D eigenvalue weighted by atomic mass is 35.5. The fraction of sp³-hybridized carbons (Fsp3) is 0.500. The molecule has 0 nitrogen and oxygen atoms in total. The number of benzene rings is 1. The van der Waals surface area contributed by atoms with Crippen LogP contribution in [0.2, 0.25) is 10.0 Å². The molecule has 82 valence electrons. The Kier molecular flexibility index (Phi) is 3.82. The molecule has 2 atom stereocenters. The van der Waals surface area contributed by atoms with Crippen molar-refractivity contribution < 1.29 is 0 Å². The van der Waals surface area contributed by atoms with E-state index in [0.717, 1.165) is 23.4 Å². The van der Waals surface area contributed by atoms with Crippen LogP contribution in [0, 0.1) is 0 Å². The third-order valence-corrected chi connectivity index (χ3v) is 4.13. The first kappa shape index (κ1) is 11.6. The Balaban J connectivity index is 2.27. The number of hydrogen-bond donors (Lipinski definition) is 0. The van der Waals surface area contributed by atoms with Crippen molar-refractivity contribution in [2.45, 2.75) is 37.0 Å². The molecule has 0 aliphatic heterocycles. The third kappa shape index (κ3) is 2.61. The lowest BCUT2D eigenvalue weighted by Crippen LogP contribution is -2.17. The van der Waals surface area contributed by atoms with E-state index in [9.17, 15) is 0 Å². The summed E-state index contributed by atoms with van der Waals surface area (Å²) in [6.07, 6.45) is 4.70. The fourth-order valence-electron chi connectivity index (χ4n) is 2.24. The number of rotatable bonds is 1. The molecular formula is C12H13Cl3. The molecule has 1 aliphatic rings. The minimum atomic E-state index is 0.220. The molecule has 0 saturated heterocycles. The van der Waals surface area contributed by atoms with Crippen LogP contribution in [0.3, 0.4) is 0 Å². The molecule has 1 aromatic rings. The molecule has 0 aromatic heterocycles. The maximum atomic E-state index is 6.34. The first-order valence-corrected chi connectivity index (χ1v) is 6.47. The molecule has 0 radical (unpaired) electrons. The molecule has 3 heteroatoms. The summed E-state index contributed by atoms with van der Waals surface area (Å²) in [4.78, 5) is 0. The van der Waals surface area contributed by atoms with Gasteiger partial charge in [0.15, 0.2) is 0 Å². The summed E-state index contributed by atoms with van der Waals surface area (Å²) in [5.74, 6) is 0.394. The molecule has 15 heavy (non-hydrogen) atoms. The lowest BCUT2D eigenvalue weighted by molar-refractivity contribution is 0.451. The third-order valence-electron chi connectivity index (χ3n) is 3.04. The van der Waals surface area contributed by atoms with Crippen LogP contribution >= 0.6 is 34.8 Å². The van der Waals surface area contributed by atoms with Gasteiger partial charge in [0.2, 0.25) is 0 Å². The lowest BCUT2D eigenvalue weighted by atomic mass is 9.83. The zero-order chi connectivity index (χ0) is 10.8. The Bertz CT molecular complexity index is 349. The van der Waals surface area contributed by atoms with Crippen molar-refractivity contribution in [1.82, 2.24) is 0 Å². The van der Waals surface area contributed by atoms with E-state index < -0.39 is 0 Å². The van der Waals surface area contributed by atoms with Gasteiger partial charge in [0.25, 0.3) is 0 Å². The molecule has 1 aromatic carbocycles. The molecule has 0 spiro atoms. The molecular weight excluding hydrogens is 250 g/mol. The van der Waals surface area contributed by atoms with E-state index in [1.807, 2.05) is 12.1 Å². The molecule has 2 rings (SSSR count). The standard InChI is InChI=1S/C12H13Cl3/c13-8-5-6-10(12(15)7-8)9-3-1-2-4-11(9)14/h5-7,9,11H,1-4H2. The molecule has 0 amide bonds. The van der Waals surface area contributed by atoms with Crippen LogP contribution in [-0.4, -0.2) is 5.38 Å². The number of hydrogen-bond acceptors (Lipinski definition) is 0. The van der Waals surface area contributed by atoms with E-state index in [1.165, 1.54) is 12.8 Å². The van der Waals surface area contributed by atoms with Crippen molar-refractivity contribution in [3.8, 4) is 0 Å². The quantitative estimate of drug-likeness (QED) is 0.606. The summed E-state index contributed by atoms with van der Waals surface area (Å²) < 4.78 is 0. The molecule has 2 unspecified atom stereocenters. The van der Waals surface area contributed by atoms with Crippen LogP contribution in [0.1, 0.15) is 37.2 Å². The number of alkyl halides is 1. The zero-order valence-electron chi connectivity index (χ0n) is 8.35. The summed E-state index contributed by atoms with van der Waals surface area (Å²) in [6, 6.07) is 5.70. The van der Waals surface area contributed by atoms with Gasteiger partial charge < -0.3 is 0 Å². The van der Waals surface area contributed by atoms with Gasteiger partial charge in [-0.3, -0.25) is 0 Å². The summed E-state index contributed by atoms with van der Waals surface area (Å²) in [6.45, 7) is 0. The van der Waals surface area contributed by atoms with E-state index in [1.54, 1.807) is 6.07 Å². The lowest BCUT2D eigenvalue weighted by Gasteiger charge is -2.28. The van der Waals surface area contributed by atoms with Gasteiger partial charge in [0, 0.05) is 21.3 Å². The average molecular weight is 264 g/mol. The SMILES string of the molecule is Clc1ccc(C2CCCCC2Cl)c(Cl)c1. The molecule has 1 aliphatic carbocycles. The maximum absolute atomic E-state index is 6.34. The van der Waals surface area contributed by atoms with Crippen molar-refractivity contribution in [2.24, 2.45) is 0 Å². The highest BCUT2D eigenvalue weighted by Gasteiger charge is 2.26. The van der Waals surface area contributed by atoms with Crippen LogP contribution < -0.4 is 0 Å². The monoisotopic (exact) mass is 262 g/mol. The smallest absolute Gasteiger partial charge is 0.0456 e. The summed E-state index contributed by atoms with van der Waals surface area (Å²) >= 11 is 18.4. The summed E-state index contributed by atoms with van der Waals surface area (Å²) in [7, 11) is 0. The predicted molar refractivity (Wildman–Crippen MR) is 67.3 cm³/mol. The van der Waals surface area contributed by atoms with Crippen molar-refractivity contribution in [3.05, 3.63) is 33.8 Å². The number of halogens is 3. The molecule has 0 N–H and O–H groups in total. The van der Waals surface area contributed by atoms with Crippen LogP contribution in [0.5, 0.6) is 0 Å². The van der Waals surface area contributed by atoms with Crippen molar-refractivity contribution in [2.75, 3.05) is 0 Å². The fourth-order valence-corrected chi connectivity index (χ4v) is 3.20. The summed E-state index contributed by atoms with van der Waals surface area (Å²) in [5, 5.41) is 1.66. The molecule has 1 fully saturated rings. The van der Waals surface area contributed by atoms with Gasteiger partial charge >= 0.3 is 0 Å². The zero-order valence-corrected chi connectivity index (χ0v) is 10.6. The topological polar surface area (TPSA) is 0 Å². The van der Waals surface area contributed by atoms with Gasteiger partial charge in [-0.25, -0.2) is 0 Å². The largest absolute Gasteiger partial charge is 0.122 e. The summed E-state index contributed by atoms with van der Waals surface area (Å²) in [5.41, 5.74) is 1.15. The molecule has 0 heterocycles. The van der Waals surface area contributed by atoms with E-state index in [0.29, 0.717) is 10.9 Å². The van der Waals surface area contributed by atoms with Crippen molar-refractivity contribution in [1.29, 1.82) is 0 Å². The molecule has 0 bridgehead atoms. The normalized spacial score (nSPS) is 26.6. The average Bonchev–Trinajstić information content (AvgIpc) is 2.20. The first-order valence-electron chi connectivity index (χ1n) is 5.27. The van der Waals surface area contributed by atoms with Crippen molar-refractivity contribution >= 4 is 34.8 Å². The minimum absolute atomic E-state index is 0.220. The van der Waals surface area contributed by atoms with E-state index in [2.05, 4.69) is 0 Å². The van der Waals surface area contributed by atoms with Crippen LogP contribution in [0.15, 0.2) is 18.2 Å². The Labute approximate surface area is 106 Å². The van der Waals surface area contributed by atoms with Crippen LogP contribution in [0.4, 0.5) is 0 Å². The second-order valence-corrected chi connectivity index (χ2v) is 5.48. The van der Waals surface area contributed by atoms with Crippen LogP contribution in [-0.2, 0) is 0 Å². The van der Waals surface area contributed by atoms with Crippen LogP contribution in [0.25, 0.3) is 0 Å². The Hall–Kier alpha value is 0.0900. The predicted octanol–water partition coefficient (Wildman–Crippen LogP) is 5.26. The van der Waals surface area contributed by atoms with Gasteiger partial charge in [-0.2, -0.15) is 0 Å².